The van der Waals surface area contributed by atoms with Gasteiger partial charge in [-0.15, -0.1) is 0 Å². The van der Waals surface area contributed by atoms with E-state index in [1.165, 1.54) is 19.3 Å². The predicted molar refractivity (Wildman–Crippen MR) is 82.6 cm³/mol. The molecule has 0 saturated heterocycles. The molecule has 0 heterocycles. The van der Waals surface area contributed by atoms with Gasteiger partial charge in [0.1, 0.15) is 0 Å². The largest absolute Gasteiger partial charge is 0.353 e. The van der Waals surface area contributed by atoms with E-state index in [0.29, 0.717) is 18.5 Å². The van der Waals surface area contributed by atoms with E-state index in [1.807, 2.05) is 30.3 Å². The average Bonchev–Trinajstić information content (AvgIpc) is 2.47. The Morgan fingerprint density at radius 2 is 1.75 bits per heavy atom. The molecule has 1 fully saturated rings. The quantitative estimate of drug-likeness (QED) is 0.837. The molecule has 1 amide bonds. The number of benzene rings is 1. The van der Waals surface area contributed by atoms with Gasteiger partial charge in [-0.1, -0.05) is 37.3 Å². The smallest absolute Gasteiger partial charge is 0.224 e. The van der Waals surface area contributed by atoms with Crippen molar-refractivity contribution in [3.8, 4) is 0 Å². The fourth-order valence-electron chi connectivity index (χ4n) is 2.85. The molecular formula is C17H26N2O. The van der Waals surface area contributed by atoms with Crippen LogP contribution < -0.4 is 10.6 Å². The molecule has 2 N–H and O–H groups in total. The minimum Gasteiger partial charge on any atom is -0.353 e. The van der Waals surface area contributed by atoms with Gasteiger partial charge in [-0.2, -0.15) is 0 Å². The third kappa shape index (κ3) is 4.97. The first-order valence-electron chi connectivity index (χ1n) is 7.84. The Labute approximate surface area is 122 Å². The number of carbonyl (C=O) groups is 1. The number of hydrogen-bond acceptors (Lipinski definition) is 2. The Balaban J connectivity index is 1.68. The maximum absolute atomic E-state index is 12.0. The lowest BCUT2D eigenvalue weighted by Crippen LogP contribution is -2.42. The maximum atomic E-state index is 12.0. The summed E-state index contributed by atoms with van der Waals surface area (Å²) in [5, 5.41) is 6.75. The van der Waals surface area contributed by atoms with Crippen LogP contribution in [0.5, 0.6) is 0 Å². The second kappa shape index (κ2) is 8.05. The SMILES string of the molecule is CCCNC1CCC(NC(=O)Cc2ccccc2)CC1. The van der Waals surface area contributed by atoms with E-state index >= 15 is 0 Å². The summed E-state index contributed by atoms with van der Waals surface area (Å²) in [6.45, 7) is 3.30. The summed E-state index contributed by atoms with van der Waals surface area (Å²) >= 11 is 0. The molecule has 0 aliphatic heterocycles. The topological polar surface area (TPSA) is 41.1 Å². The predicted octanol–water partition coefficient (Wildman–Crippen LogP) is 2.66. The van der Waals surface area contributed by atoms with Crippen molar-refractivity contribution in [2.24, 2.45) is 0 Å². The normalized spacial score (nSPS) is 22.4. The lowest BCUT2D eigenvalue weighted by Gasteiger charge is -2.29. The molecule has 0 unspecified atom stereocenters. The lowest BCUT2D eigenvalue weighted by atomic mass is 9.91. The van der Waals surface area contributed by atoms with Gasteiger partial charge in [-0.05, 0) is 44.2 Å². The molecule has 3 heteroatoms. The summed E-state index contributed by atoms with van der Waals surface area (Å²) < 4.78 is 0. The second-order valence-electron chi connectivity index (χ2n) is 5.73. The highest BCUT2D eigenvalue weighted by Crippen LogP contribution is 2.18. The molecule has 1 aliphatic carbocycles. The standard InChI is InChI=1S/C17H26N2O/c1-2-12-18-15-8-10-16(11-9-15)19-17(20)13-14-6-4-3-5-7-14/h3-7,15-16,18H,2,8-13H2,1H3,(H,19,20). The molecule has 0 bridgehead atoms. The maximum Gasteiger partial charge on any atom is 0.224 e. The molecule has 2 rings (SSSR count). The number of amides is 1. The van der Waals surface area contributed by atoms with Crippen molar-refractivity contribution in [2.45, 2.75) is 57.5 Å². The van der Waals surface area contributed by atoms with E-state index in [9.17, 15) is 4.79 Å². The summed E-state index contributed by atoms with van der Waals surface area (Å²) in [5.41, 5.74) is 1.09. The Bertz CT molecular complexity index is 397. The van der Waals surface area contributed by atoms with Gasteiger partial charge in [0, 0.05) is 12.1 Å². The van der Waals surface area contributed by atoms with Crippen LogP contribution in [-0.4, -0.2) is 24.5 Å². The molecule has 0 atom stereocenters. The van der Waals surface area contributed by atoms with Crippen molar-refractivity contribution in [2.75, 3.05) is 6.54 Å². The number of nitrogens with one attached hydrogen (secondary N) is 2. The summed E-state index contributed by atoms with van der Waals surface area (Å²) in [5.74, 6) is 0.154. The van der Waals surface area contributed by atoms with E-state index in [2.05, 4.69) is 17.6 Å². The van der Waals surface area contributed by atoms with Crippen molar-refractivity contribution in [3.05, 3.63) is 35.9 Å². The minimum absolute atomic E-state index is 0.154. The Hall–Kier alpha value is -1.35. The molecular weight excluding hydrogens is 248 g/mol. The number of rotatable bonds is 6. The number of carbonyl (C=O) groups excluding carboxylic acids is 1. The van der Waals surface area contributed by atoms with E-state index in [0.717, 1.165) is 24.9 Å². The first kappa shape index (κ1) is 15.0. The fourth-order valence-corrected chi connectivity index (χ4v) is 2.85. The van der Waals surface area contributed by atoms with Crippen LogP contribution in [0.3, 0.4) is 0 Å². The first-order chi connectivity index (χ1) is 9.78. The van der Waals surface area contributed by atoms with Crippen LogP contribution >= 0.6 is 0 Å². The van der Waals surface area contributed by atoms with Crippen LogP contribution in [0.4, 0.5) is 0 Å². The molecule has 1 saturated carbocycles. The van der Waals surface area contributed by atoms with Gasteiger partial charge in [-0.3, -0.25) is 4.79 Å². The Kier molecular flexibility index (Phi) is 6.06. The molecule has 1 aromatic rings. The van der Waals surface area contributed by atoms with Gasteiger partial charge in [0.2, 0.25) is 5.91 Å². The first-order valence-corrected chi connectivity index (χ1v) is 7.84. The van der Waals surface area contributed by atoms with E-state index in [4.69, 9.17) is 0 Å². The summed E-state index contributed by atoms with van der Waals surface area (Å²) in [7, 11) is 0. The Morgan fingerprint density at radius 3 is 2.40 bits per heavy atom. The zero-order valence-electron chi connectivity index (χ0n) is 12.4. The van der Waals surface area contributed by atoms with Crippen LogP contribution in [0.15, 0.2) is 30.3 Å². The van der Waals surface area contributed by atoms with Gasteiger partial charge in [0.25, 0.3) is 0 Å². The van der Waals surface area contributed by atoms with Crippen LogP contribution in [0.1, 0.15) is 44.6 Å². The zero-order chi connectivity index (χ0) is 14.2. The molecule has 0 radical (unpaired) electrons. The van der Waals surface area contributed by atoms with Crippen molar-refractivity contribution >= 4 is 5.91 Å². The van der Waals surface area contributed by atoms with E-state index in [-0.39, 0.29) is 5.91 Å². The molecule has 20 heavy (non-hydrogen) atoms. The van der Waals surface area contributed by atoms with Gasteiger partial charge < -0.3 is 10.6 Å². The van der Waals surface area contributed by atoms with Crippen molar-refractivity contribution in [1.82, 2.24) is 10.6 Å². The Morgan fingerprint density at radius 1 is 1.10 bits per heavy atom. The van der Waals surface area contributed by atoms with Crippen molar-refractivity contribution < 1.29 is 4.79 Å². The zero-order valence-corrected chi connectivity index (χ0v) is 12.4. The molecule has 110 valence electrons. The molecule has 1 aromatic carbocycles. The molecule has 3 nitrogen and oxygen atoms in total. The van der Waals surface area contributed by atoms with Crippen molar-refractivity contribution in [3.63, 3.8) is 0 Å². The summed E-state index contributed by atoms with van der Waals surface area (Å²) in [6.07, 6.45) is 6.24. The lowest BCUT2D eigenvalue weighted by molar-refractivity contribution is -0.121. The van der Waals surface area contributed by atoms with Crippen LogP contribution in [-0.2, 0) is 11.2 Å². The fraction of sp³-hybridized carbons (Fsp3) is 0.588. The highest BCUT2D eigenvalue weighted by atomic mass is 16.1. The van der Waals surface area contributed by atoms with Crippen LogP contribution in [0.2, 0.25) is 0 Å². The minimum atomic E-state index is 0.154. The average molecular weight is 274 g/mol. The van der Waals surface area contributed by atoms with Gasteiger partial charge >= 0.3 is 0 Å². The third-order valence-electron chi connectivity index (χ3n) is 3.98. The number of hydrogen-bond donors (Lipinski definition) is 2. The molecule has 0 aromatic heterocycles. The summed E-state index contributed by atoms with van der Waals surface area (Å²) in [6, 6.07) is 11.0. The van der Waals surface area contributed by atoms with Gasteiger partial charge in [0.05, 0.1) is 6.42 Å². The van der Waals surface area contributed by atoms with E-state index in [1.54, 1.807) is 0 Å². The third-order valence-corrected chi connectivity index (χ3v) is 3.98. The molecule has 1 aliphatic rings. The van der Waals surface area contributed by atoms with Gasteiger partial charge in [0.15, 0.2) is 0 Å². The van der Waals surface area contributed by atoms with Crippen LogP contribution in [0, 0.1) is 0 Å². The second-order valence-corrected chi connectivity index (χ2v) is 5.73. The monoisotopic (exact) mass is 274 g/mol. The van der Waals surface area contributed by atoms with E-state index < -0.39 is 0 Å². The highest BCUT2D eigenvalue weighted by molar-refractivity contribution is 5.78. The van der Waals surface area contributed by atoms with Crippen LogP contribution in [0.25, 0.3) is 0 Å². The summed E-state index contributed by atoms with van der Waals surface area (Å²) in [4.78, 5) is 12.0. The van der Waals surface area contributed by atoms with Crippen molar-refractivity contribution in [1.29, 1.82) is 0 Å². The highest BCUT2D eigenvalue weighted by Gasteiger charge is 2.21. The molecule has 0 spiro atoms. The van der Waals surface area contributed by atoms with Gasteiger partial charge in [-0.25, -0.2) is 0 Å².